The number of anilines is 2. The molecule has 3 aromatic rings. The van der Waals surface area contributed by atoms with Crippen molar-refractivity contribution in [1.29, 1.82) is 0 Å². The van der Waals surface area contributed by atoms with Crippen molar-refractivity contribution >= 4 is 46.1 Å². The van der Waals surface area contributed by atoms with Gasteiger partial charge in [0.2, 0.25) is 6.17 Å². The second-order valence-electron chi connectivity index (χ2n) is 8.81. The monoisotopic (exact) mass is 488 g/mol. The fraction of sp³-hybridized carbons (Fsp3) is 0.259. The number of aryl methyl sites for hydroxylation is 1. The molecule has 35 heavy (non-hydrogen) atoms. The Morgan fingerprint density at radius 1 is 1.11 bits per heavy atom. The molecule has 2 N–H and O–H groups in total. The molecule has 1 atom stereocenters. The lowest BCUT2D eigenvalue weighted by Gasteiger charge is -2.25. The maximum absolute atomic E-state index is 13.8. The third-order valence-corrected chi connectivity index (χ3v) is 6.78. The molecule has 0 saturated carbocycles. The molecule has 180 valence electrons. The topological polar surface area (TPSA) is 90.9 Å². The summed E-state index contributed by atoms with van der Waals surface area (Å²) in [4.78, 5) is 45.8. The second-order valence-corrected chi connectivity index (χ2v) is 9.73. The highest BCUT2D eigenvalue weighted by Crippen LogP contribution is 2.31. The van der Waals surface area contributed by atoms with Crippen molar-refractivity contribution in [1.82, 2.24) is 5.32 Å². The summed E-state index contributed by atoms with van der Waals surface area (Å²) in [6.45, 7) is 7.67. The first kappa shape index (κ1) is 24.3. The van der Waals surface area contributed by atoms with Gasteiger partial charge in [-0.25, -0.2) is 4.79 Å². The number of amides is 3. The van der Waals surface area contributed by atoms with E-state index in [4.69, 9.17) is 4.99 Å². The Morgan fingerprint density at radius 2 is 1.89 bits per heavy atom. The summed E-state index contributed by atoms with van der Waals surface area (Å²) >= 11 is 1.36. The zero-order valence-electron chi connectivity index (χ0n) is 20.2. The number of aliphatic imine (C=N–C) groups is 1. The van der Waals surface area contributed by atoms with E-state index in [1.165, 1.54) is 18.3 Å². The van der Waals surface area contributed by atoms with Crippen molar-refractivity contribution in [2.75, 3.05) is 10.2 Å². The minimum Gasteiger partial charge on any atom is -0.308 e. The summed E-state index contributed by atoms with van der Waals surface area (Å²) in [5.74, 6) is -0.396. The van der Waals surface area contributed by atoms with Crippen molar-refractivity contribution in [2.24, 2.45) is 10.9 Å². The van der Waals surface area contributed by atoms with E-state index < -0.39 is 12.2 Å². The molecule has 0 unspecified atom stereocenters. The van der Waals surface area contributed by atoms with Crippen LogP contribution in [0.5, 0.6) is 0 Å². The number of benzodiazepines with no additional fused rings is 1. The maximum atomic E-state index is 13.8. The van der Waals surface area contributed by atoms with E-state index >= 15 is 0 Å². The van der Waals surface area contributed by atoms with Gasteiger partial charge in [0.25, 0.3) is 5.91 Å². The van der Waals surface area contributed by atoms with Gasteiger partial charge in [0.05, 0.1) is 17.1 Å². The minimum atomic E-state index is -1.12. The number of carbonyl (C=O) groups is 3. The number of benzene rings is 2. The molecule has 0 fully saturated rings. The Hall–Kier alpha value is -3.78. The molecule has 7 nitrogen and oxygen atoms in total. The van der Waals surface area contributed by atoms with Crippen LogP contribution in [0.4, 0.5) is 16.2 Å². The van der Waals surface area contributed by atoms with Crippen molar-refractivity contribution in [3.05, 3.63) is 81.5 Å². The number of Topliss-reactive ketones (excluding diaryl/α,β-unsaturated/α-hetero) is 1. The number of rotatable bonds is 6. The van der Waals surface area contributed by atoms with Crippen molar-refractivity contribution in [2.45, 2.75) is 40.4 Å². The number of hydrogen-bond acceptors (Lipinski definition) is 5. The van der Waals surface area contributed by atoms with E-state index in [-0.39, 0.29) is 24.2 Å². The van der Waals surface area contributed by atoms with Crippen molar-refractivity contribution in [3.8, 4) is 0 Å². The second kappa shape index (κ2) is 10.2. The summed E-state index contributed by atoms with van der Waals surface area (Å²) in [5, 5.41) is 7.39. The van der Waals surface area contributed by atoms with E-state index in [9.17, 15) is 14.4 Å². The Kier molecular flexibility index (Phi) is 7.12. The average Bonchev–Trinajstić information content (AvgIpc) is 3.24. The Morgan fingerprint density at radius 3 is 2.60 bits per heavy atom. The number of urea groups is 1. The first-order valence-electron chi connectivity index (χ1n) is 11.4. The van der Waals surface area contributed by atoms with E-state index in [1.807, 2.05) is 74.7 Å². The van der Waals surface area contributed by atoms with Gasteiger partial charge in [-0.3, -0.25) is 14.6 Å². The van der Waals surface area contributed by atoms with Crippen LogP contribution in [-0.4, -0.2) is 29.6 Å². The van der Waals surface area contributed by atoms with E-state index in [0.717, 1.165) is 22.4 Å². The third-order valence-electron chi connectivity index (χ3n) is 5.72. The molecule has 8 heteroatoms. The van der Waals surface area contributed by atoms with Crippen LogP contribution in [0, 0.1) is 12.8 Å². The quantitative estimate of drug-likeness (QED) is 0.455. The first-order chi connectivity index (χ1) is 16.7. The molecule has 2 heterocycles. The highest BCUT2D eigenvalue weighted by molar-refractivity contribution is 7.12. The number of ketones is 1. The zero-order valence-corrected chi connectivity index (χ0v) is 21.0. The number of nitrogens with zero attached hydrogens (tertiary/aromatic N) is 2. The van der Waals surface area contributed by atoms with Crippen LogP contribution in [0.15, 0.2) is 65.0 Å². The molecular weight excluding hydrogens is 460 g/mol. The molecule has 1 aliphatic heterocycles. The lowest BCUT2D eigenvalue weighted by molar-refractivity contribution is -0.120. The van der Waals surface area contributed by atoms with Crippen LogP contribution >= 0.6 is 11.3 Å². The normalized spacial score (nSPS) is 15.3. The smallest absolute Gasteiger partial charge is 0.308 e. The number of hydrogen-bond donors (Lipinski definition) is 2. The van der Waals surface area contributed by atoms with Gasteiger partial charge in [-0.05, 0) is 60.5 Å². The summed E-state index contributed by atoms with van der Waals surface area (Å²) < 4.78 is 0. The molecule has 0 aliphatic carbocycles. The van der Waals surface area contributed by atoms with Crippen LogP contribution in [0.25, 0.3) is 0 Å². The maximum Gasteiger partial charge on any atom is 0.321 e. The Labute approximate surface area is 208 Å². The van der Waals surface area contributed by atoms with E-state index in [1.54, 1.807) is 11.0 Å². The lowest BCUT2D eigenvalue weighted by Crippen LogP contribution is -2.48. The molecule has 0 bridgehead atoms. The van der Waals surface area contributed by atoms with Crippen LogP contribution in [0.1, 0.15) is 47.1 Å². The summed E-state index contributed by atoms with van der Waals surface area (Å²) in [6, 6.07) is 16.3. The summed E-state index contributed by atoms with van der Waals surface area (Å²) in [7, 11) is 0. The molecule has 1 aliphatic rings. The van der Waals surface area contributed by atoms with E-state index in [0.29, 0.717) is 16.3 Å². The SMILES string of the molecule is CC(=O)c1sccc1CN1C(=O)[C@H](NC(=O)Nc2cccc(C)c2)N=C(C(C)C)c2ccccc21. The number of nitrogens with one attached hydrogen (secondary N) is 2. The molecule has 1 aromatic heterocycles. The minimum absolute atomic E-state index is 0.0157. The number of fused-ring (bicyclic) bond motifs is 1. The van der Waals surface area contributed by atoms with Crippen molar-refractivity contribution < 1.29 is 14.4 Å². The van der Waals surface area contributed by atoms with Gasteiger partial charge in [0.15, 0.2) is 5.78 Å². The van der Waals surface area contributed by atoms with Crippen LogP contribution in [-0.2, 0) is 11.3 Å². The third kappa shape index (κ3) is 5.33. The Balaban J connectivity index is 1.70. The fourth-order valence-electron chi connectivity index (χ4n) is 4.13. The van der Waals surface area contributed by atoms with Gasteiger partial charge < -0.3 is 15.5 Å². The fourth-order valence-corrected chi connectivity index (χ4v) is 4.94. The molecular formula is C27H28N4O3S. The first-order valence-corrected chi connectivity index (χ1v) is 12.3. The Bertz CT molecular complexity index is 1310. The highest BCUT2D eigenvalue weighted by Gasteiger charge is 2.34. The van der Waals surface area contributed by atoms with E-state index in [2.05, 4.69) is 10.6 Å². The summed E-state index contributed by atoms with van der Waals surface area (Å²) in [5.41, 5.74) is 4.66. The largest absolute Gasteiger partial charge is 0.321 e. The van der Waals surface area contributed by atoms with Gasteiger partial charge in [0, 0.05) is 17.0 Å². The molecule has 3 amide bonds. The zero-order chi connectivity index (χ0) is 25.1. The van der Waals surface area contributed by atoms with Crippen LogP contribution in [0.3, 0.4) is 0 Å². The molecule has 0 saturated heterocycles. The van der Waals surface area contributed by atoms with Gasteiger partial charge in [-0.1, -0.05) is 44.2 Å². The number of thiophene rings is 1. The standard InChI is InChI=1S/C27H28N4O3S/c1-16(2)23-21-10-5-6-11-22(21)31(15-19-12-13-35-24(19)18(4)32)26(33)25(29-23)30-27(34)28-20-9-7-8-17(3)14-20/h5-14,16,25H,15H2,1-4H3,(H2,28,30,34)/t25-/m0/s1. The summed E-state index contributed by atoms with van der Waals surface area (Å²) in [6.07, 6.45) is -1.12. The van der Waals surface area contributed by atoms with Gasteiger partial charge in [-0.15, -0.1) is 11.3 Å². The van der Waals surface area contributed by atoms with Gasteiger partial charge >= 0.3 is 6.03 Å². The van der Waals surface area contributed by atoms with Crippen LogP contribution < -0.4 is 15.5 Å². The predicted octanol–water partition coefficient (Wildman–Crippen LogP) is 5.40. The molecule has 0 radical (unpaired) electrons. The van der Waals surface area contributed by atoms with Crippen LogP contribution in [0.2, 0.25) is 0 Å². The van der Waals surface area contributed by atoms with Gasteiger partial charge in [-0.2, -0.15) is 0 Å². The molecule has 4 rings (SSSR count). The number of carbonyl (C=O) groups excluding carboxylic acids is 3. The molecule has 0 spiro atoms. The lowest BCUT2D eigenvalue weighted by atomic mass is 9.98. The number of para-hydroxylation sites is 1. The van der Waals surface area contributed by atoms with Crippen molar-refractivity contribution in [3.63, 3.8) is 0 Å². The van der Waals surface area contributed by atoms with Gasteiger partial charge in [0.1, 0.15) is 0 Å². The molecule has 2 aromatic carbocycles. The highest BCUT2D eigenvalue weighted by atomic mass is 32.1. The predicted molar refractivity (Wildman–Crippen MR) is 140 cm³/mol. The average molecular weight is 489 g/mol.